The average molecular weight is 182 g/mol. The number of aromatic amines is 1. The zero-order valence-corrected chi connectivity index (χ0v) is 7.49. The third-order valence-corrected chi connectivity index (χ3v) is 2.22. The molecule has 0 spiro atoms. The summed E-state index contributed by atoms with van der Waals surface area (Å²) in [4.78, 5) is 4.36. The molecule has 0 radical (unpaired) electrons. The standard InChI is InChI=1S/C8H14N4O/c9-3-1-7-10-8(12-11-7)6-2-4-13-5-6/h6H,1-5,9H2,(H,10,11,12). The maximum Gasteiger partial charge on any atom is 0.156 e. The van der Waals surface area contributed by atoms with Gasteiger partial charge in [0.05, 0.1) is 6.61 Å². The molecule has 0 aliphatic carbocycles. The summed E-state index contributed by atoms with van der Waals surface area (Å²) < 4.78 is 5.26. The Morgan fingerprint density at radius 1 is 1.62 bits per heavy atom. The fraction of sp³-hybridized carbons (Fsp3) is 0.750. The summed E-state index contributed by atoms with van der Waals surface area (Å²) in [7, 11) is 0. The minimum absolute atomic E-state index is 0.378. The number of hydrogen-bond donors (Lipinski definition) is 2. The van der Waals surface area contributed by atoms with E-state index in [2.05, 4.69) is 15.2 Å². The molecule has 0 amide bonds. The van der Waals surface area contributed by atoms with Crippen molar-refractivity contribution in [3.8, 4) is 0 Å². The van der Waals surface area contributed by atoms with Gasteiger partial charge in [-0.3, -0.25) is 5.10 Å². The molecule has 0 saturated carbocycles. The number of nitrogens with two attached hydrogens (primary N) is 1. The second kappa shape index (κ2) is 3.85. The number of nitrogens with one attached hydrogen (secondary N) is 1. The molecule has 1 fully saturated rings. The molecule has 3 N–H and O–H groups in total. The Hall–Kier alpha value is -0.940. The largest absolute Gasteiger partial charge is 0.381 e. The second-order valence-electron chi connectivity index (χ2n) is 3.24. The molecule has 2 heterocycles. The van der Waals surface area contributed by atoms with Crippen LogP contribution in [0.4, 0.5) is 0 Å². The number of aromatic nitrogens is 3. The van der Waals surface area contributed by atoms with Gasteiger partial charge in [-0.1, -0.05) is 0 Å². The quantitative estimate of drug-likeness (QED) is 0.679. The van der Waals surface area contributed by atoms with Gasteiger partial charge >= 0.3 is 0 Å². The smallest absolute Gasteiger partial charge is 0.156 e. The average Bonchev–Trinajstić information content (AvgIpc) is 2.70. The lowest BCUT2D eigenvalue weighted by Crippen LogP contribution is -2.04. The first kappa shape index (κ1) is 8.65. The molecule has 2 rings (SSSR count). The van der Waals surface area contributed by atoms with Crippen LogP contribution in [-0.2, 0) is 11.2 Å². The van der Waals surface area contributed by atoms with Gasteiger partial charge in [-0.2, -0.15) is 5.10 Å². The molecule has 5 heteroatoms. The van der Waals surface area contributed by atoms with E-state index in [-0.39, 0.29) is 0 Å². The maximum atomic E-state index is 5.41. The molecule has 13 heavy (non-hydrogen) atoms. The highest BCUT2D eigenvalue weighted by atomic mass is 16.5. The molecule has 1 aromatic rings. The lowest BCUT2D eigenvalue weighted by Gasteiger charge is -1.98. The second-order valence-corrected chi connectivity index (χ2v) is 3.24. The van der Waals surface area contributed by atoms with Crippen LogP contribution < -0.4 is 5.73 Å². The van der Waals surface area contributed by atoms with E-state index >= 15 is 0 Å². The van der Waals surface area contributed by atoms with Gasteiger partial charge in [-0.15, -0.1) is 0 Å². The normalized spacial score (nSPS) is 22.4. The van der Waals surface area contributed by atoms with Crippen LogP contribution in [0.3, 0.4) is 0 Å². The van der Waals surface area contributed by atoms with Crippen molar-refractivity contribution in [3.05, 3.63) is 11.6 Å². The Labute approximate surface area is 76.7 Å². The first-order valence-electron chi connectivity index (χ1n) is 4.59. The van der Waals surface area contributed by atoms with E-state index in [4.69, 9.17) is 10.5 Å². The summed E-state index contributed by atoms with van der Waals surface area (Å²) in [5.74, 6) is 2.13. The third kappa shape index (κ3) is 1.87. The summed E-state index contributed by atoms with van der Waals surface area (Å²) in [6, 6.07) is 0. The van der Waals surface area contributed by atoms with Crippen LogP contribution in [0.15, 0.2) is 0 Å². The van der Waals surface area contributed by atoms with Gasteiger partial charge in [0.1, 0.15) is 5.82 Å². The van der Waals surface area contributed by atoms with Crippen molar-refractivity contribution in [2.24, 2.45) is 5.73 Å². The molecule has 1 atom stereocenters. The maximum absolute atomic E-state index is 5.41. The lowest BCUT2D eigenvalue weighted by molar-refractivity contribution is 0.193. The molecule has 1 aliphatic heterocycles. The summed E-state index contributed by atoms with van der Waals surface area (Å²) in [5, 5.41) is 7.03. The van der Waals surface area contributed by atoms with Gasteiger partial charge < -0.3 is 10.5 Å². The summed E-state index contributed by atoms with van der Waals surface area (Å²) >= 11 is 0. The predicted octanol–water partition coefficient (Wildman–Crippen LogP) is -0.190. The van der Waals surface area contributed by atoms with E-state index in [1.807, 2.05) is 0 Å². The third-order valence-electron chi connectivity index (χ3n) is 2.22. The molecule has 0 aromatic carbocycles. The van der Waals surface area contributed by atoms with Gasteiger partial charge in [-0.25, -0.2) is 4.98 Å². The number of ether oxygens (including phenoxy) is 1. The highest BCUT2D eigenvalue weighted by molar-refractivity contribution is 4.99. The molecular weight excluding hydrogens is 168 g/mol. The van der Waals surface area contributed by atoms with E-state index in [0.29, 0.717) is 12.5 Å². The van der Waals surface area contributed by atoms with Gasteiger partial charge in [0, 0.05) is 18.9 Å². The Morgan fingerprint density at radius 2 is 2.54 bits per heavy atom. The highest BCUT2D eigenvalue weighted by Crippen LogP contribution is 2.21. The summed E-state index contributed by atoms with van der Waals surface area (Å²) in [5.41, 5.74) is 5.41. The predicted molar refractivity (Wildman–Crippen MR) is 47.3 cm³/mol. The molecule has 72 valence electrons. The Morgan fingerprint density at radius 3 is 3.23 bits per heavy atom. The number of nitrogens with zero attached hydrogens (tertiary/aromatic N) is 2. The van der Waals surface area contributed by atoms with E-state index < -0.39 is 0 Å². The topological polar surface area (TPSA) is 76.8 Å². The van der Waals surface area contributed by atoms with Gasteiger partial charge in [0.2, 0.25) is 0 Å². The fourth-order valence-electron chi connectivity index (χ4n) is 1.48. The Bertz CT molecular complexity index is 267. The molecule has 5 nitrogen and oxygen atoms in total. The highest BCUT2D eigenvalue weighted by Gasteiger charge is 2.21. The van der Waals surface area contributed by atoms with Crippen molar-refractivity contribution >= 4 is 0 Å². The van der Waals surface area contributed by atoms with E-state index in [9.17, 15) is 0 Å². The first-order chi connectivity index (χ1) is 6.40. The first-order valence-corrected chi connectivity index (χ1v) is 4.59. The molecule has 1 unspecified atom stereocenters. The Kier molecular flexibility index (Phi) is 2.56. The van der Waals surface area contributed by atoms with Crippen LogP contribution in [0.2, 0.25) is 0 Å². The zero-order valence-electron chi connectivity index (χ0n) is 7.49. The van der Waals surface area contributed by atoms with Crippen LogP contribution in [0, 0.1) is 0 Å². The van der Waals surface area contributed by atoms with E-state index in [1.165, 1.54) is 0 Å². The number of rotatable bonds is 3. The minimum Gasteiger partial charge on any atom is -0.381 e. The summed E-state index contributed by atoms with van der Waals surface area (Å²) in [6.07, 6.45) is 1.79. The van der Waals surface area contributed by atoms with Crippen LogP contribution in [-0.4, -0.2) is 34.9 Å². The SMILES string of the molecule is NCCc1nc(C2CCOC2)n[nH]1. The van der Waals surface area contributed by atoms with Crippen molar-refractivity contribution in [1.82, 2.24) is 15.2 Å². The molecular formula is C8H14N4O. The van der Waals surface area contributed by atoms with Crippen LogP contribution in [0.5, 0.6) is 0 Å². The van der Waals surface area contributed by atoms with Crippen LogP contribution in [0.1, 0.15) is 24.0 Å². The van der Waals surface area contributed by atoms with Crippen LogP contribution >= 0.6 is 0 Å². The minimum atomic E-state index is 0.378. The number of hydrogen-bond acceptors (Lipinski definition) is 4. The van der Waals surface area contributed by atoms with E-state index in [1.54, 1.807) is 0 Å². The van der Waals surface area contributed by atoms with Crippen molar-refractivity contribution in [1.29, 1.82) is 0 Å². The number of H-pyrrole nitrogens is 1. The van der Waals surface area contributed by atoms with Crippen molar-refractivity contribution in [3.63, 3.8) is 0 Å². The van der Waals surface area contributed by atoms with Crippen molar-refractivity contribution < 1.29 is 4.74 Å². The van der Waals surface area contributed by atoms with E-state index in [0.717, 1.165) is 37.7 Å². The lowest BCUT2D eigenvalue weighted by atomic mass is 10.1. The van der Waals surface area contributed by atoms with Crippen molar-refractivity contribution in [2.45, 2.75) is 18.8 Å². The van der Waals surface area contributed by atoms with Gasteiger partial charge in [0.15, 0.2) is 5.82 Å². The fourth-order valence-corrected chi connectivity index (χ4v) is 1.48. The molecule has 1 aliphatic rings. The monoisotopic (exact) mass is 182 g/mol. The zero-order chi connectivity index (χ0) is 9.10. The van der Waals surface area contributed by atoms with Gasteiger partial charge in [0.25, 0.3) is 0 Å². The van der Waals surface area contributed by atoms with Gasteiger partial charge in [-0.05, 0) is 13.0 Å². The molecule has 1 aromatic heterocycles. The Balaban J connectivity index is 2.03. The van der Waals surface area contributed by atoms with Crippen LogP contribution in [0.25, 0.3) is 0 Å². The molecule has 1 saturated heterocycles. The molecule has 0 bridgehead atoms. The van der Waals surface area contributed by atoms with Crippen molar-refractivity contribution in [2.75, 3.05) is 19.8 Å². The summed E-state index contributed by atoms with van der Waals surface area (Å²) in [6.45, 7) is 2.18.